The number of benzene rings is 1. The Morgan fingerprint density at radius 2 is 1.90 bits per heavy atom. The van der Waals surface area contributed by atoms with E-state index in [-0.39, 0.29) is 17.9 Å². The van der Waals surface area contributed by atoms with Gasteiger partial charge in [-0.25, -0.2) is 5.43 Å². The van der Waals surface area contributed by atoms with Crippen molar-refractivity contribution in [3.8, 4) is 0 Å². The molecule has 0 bridgehead atoms. The van der Waals surface area contributed by atoms with E-state index < -0.39 is 0 Å². The first-order valence-electron chi connectivity index (χ1n) is 6.99. The molecule has 1 aromatic carbocycles. The van der Waals surface area contributed by atoms with Crippen LogP contribution in [0.5, 0.6) is 0 Å². The van der Waals surface area contributed by atoms with Gasteiger partial charge in [-0.3, -0.25) is 10.2 Å². The third-order valence-corrected chi connectivity index (χ3v) is 4.21. The number of piperazine rings is 1. The Bertz CT molecular complexity index is 473. The van der Waals surface area contributed by atoms with Gasteiger partial charge < -0.3 is 10.2 Å². The van der Waals surface area contributed by atoms with Crippen LogP contribution in [-0.4, -0.2) is 43.5 Å². The van der Waals surface area contributed by atoms with Crippen LogP contribution in [0.3, 0.4) is 0 Å². The summed E-state index contributed by atoms with van der Waals surface area (Å²) >= 11 is 5.92. The molecule has 6 heteroatoms. The summed E-state index contributed by atoms with van der Waals surface area (Å²) in [7, 11) is 0. The number of carbonyl (C=O) groups excluding carboxylic acids is 1. The standard InChI is InChI=1S/C14H19ClN4O/c15-11-3-1-10(2-4-11)13-12(9-17-18-13)14(20)19-7-5-16-6-8-19/h1-4,12-13,16-18H,5-9H2. The van der Waals surface area contributed by atoms with Gasteiger partial charge in [0, 0.05) is 37.7 Å². The Morgan fingerprint density at radius 3 is 2.60 bits per heavy atom. The second kappa shape index (κ2) is 6.10. The van der Waals surface area contributed by atoms with Gasteiger partial charge in [-0.15, -0.1) is 0 Å². The molecule has 0 spiro atoms. The Labute approximate surface area is 123 Å². The molecule has 0 aliphatic carbocycles. The fourth-order valence-electron chi connectivity index (χ4n) is 2.83. The first-order chi connectivity index (χ1) is 9.75. The molecular weight excluding hydrogens is 276 g/mol. The summed E-state index contributed by atoms with van der Waals surface area (Å²) in [5.74, 6) is 0.165. The average molecular weight is 295 g/mol. The van der Waals surface area contributed by atoms with Crippen LogP contribution in [0.4, 0.5) is 0 Å². The molecule has 2 heterocycles. The fourth-order valence-corrected chi connectivity index (χ4v) is 2.96. The highest BCUT2D eigenvalue weighted by molar-refractivity contribution is 6.30. The highest BCUT2D eigenvalue weighted by Crippen LogP contribution is 2.27. The largest absolute Gasteiger partial charge is 0.340 e. The summed E-state index contributed by atoms with van der Waals surface area (Å²) in [6.45, 7) is 4.01. The number of hydrazine groups is 1. The smallest absolute Gasteiger partial charge is 0.229 e. The van der Waals surface area contributed by atoms with E-state index in [0.717, 1.165) is 31.7 Å². The van der Waals surface area contributed by atoms with Gasteiger partial charge in [0.1, 0.15) is 0 Å². The molecule has 2 unspecified atom stereocenters. The number of carbonyl (C=O) groups is 1. The maximum atomic E-state index is 12.6. The lowest BCUT2D eigenvalue weighted by molar-refractivity contribution is -0.136. The molecule has 0 radical (unpaired) electrons. The van der Waals surface area contributed by atoms with Gasteiger partial charge in [-0.05, 0) is 17.7 Å². The molecule has 2 aliphatic heterocycles. The second-order valence-electron chi connectivity index (χ2n) is 5.24. The van der Waals surface area contributed by atoms with Crippen molar-refractivity contribution < 1.29 is 4.79 Å². The lowest BCUT2D eigenvalue weighted by atomic mass is 9.93. The summed E-state index contributed by atoms with van der Waals surface area (Å²) in [5.41, 5.74) is 7.41. The molecule has 2 aliphatic rings. The van der Waals surface area contributed by atoms with Gasteiger partial charge in [0.05, 0.1) is 12.0 Å². The van der Waals surface area contributed by atoms with Gasteiger partial charge in [-0.1, -0.05) is 23.7 Å². The molecular formula is C14H19ClN4O. The van der Waals surface area contributed by atoms with Crippen LogP contribution in [0.15, 0.2) is 24.3 Å². The van der Waals surface area contributed by atoms with E-state index in [9.17, 15) is 4.79 Å². The first-order valence-corrected chi connectivity index (χ1v) is 7.37. The summed E-state index contributed by atoms with van der Waals surface area (Å²) in [4.78, 5) is 14.6. The number of amides is 1. The highest BCUT2D eigenvalue weighted by Gasteiger charge is 2.36. The summed E-state index contributed by atoms with van der Waals surface area (Å²) in [6, 6.07) is 7.69. The molecule has 3 N–H and O–H groups in total. The van der Waals surface area contributed by atoms with Crippen LogP contribution in [0.25, 0.3) is 0 Å². The summed E-state index contributed by atoms with van der Waals surface area (Å²) in [5, 5.41) is 3.98. The van der Waals surface area contributed by atoms with E-state index in [1.54, 1.807) is 0 Å². The van der Waals surface area contributed by atoms with Crippen molar-refractivity contribution in [1.82, 2.24) is 21.1 Å². The minimum atomic E-state index is -0.0609. The van der Waals surface area contributed by atoms with E-state index in [2.05, 4.69) is 16.2 Å². The Morgan fingerprint density at radius 1 is 1.20 bits per heavy atom. The molecule has 0 saturated carbocycles. The lowest BCUT2D eigenvalue weighted by Gasteiger charge is -2.31. The zero-order valence-electron chi connectivity index (χ0n) is 11.2. The second-order valence-corrected chi connectivity index (χ2v) is 5.67. The van der Waals surface area contributed by atoms with Crippen LogP contribution in [0.1, 0.15) is 11.6 Å². The predicted octanol–water partition coefficient (Wildman–Crippen LogP) is 0.537. The zero-order valence-corrected chi connectivity index (χ0v) is 12.0. The molecule has 108 valence electrons. The Kier molecular flexibility index (Phi) is 4.21. The molecule has 2 saturated heterocycles. The Balaban J connectivity index is 1.74. The van der Waals surface area contributed by atoms with Crippen molar-refractivity contribution in [2.45, 2.75) is 6.04 Å². The van der Waals surface area contributed by atoms with Crippen molar-refractivity contribution in [1.29, 1.82) is 0 Å². The third kappa shape index (κ3) is 2.81. The summed E-state index contributed by atoms with van der Waals surface area (Å²) in [6.07, 6.45) is 0. The molecule has 0 aromatic heterocycles. The van der Waals surface area contributed by atoms with E-state index >= 15 is 0 Å². The number of halogens is 1. The van der Waals surface area contributed by atoms with Gasteiger partial charge in [-0.2, -0.15) is 0 Å². The minimum Gasteiger partial charge on any atom is -0.340 e. The van der Waals surface area contributed by atoms with Crippen molar-refractivity contribution in [2.75, 3.05) is 32.7 Å². The monoisotopic (exact) mass is 294 g/mol. The quantitative estimate of drug-likeness (QED) is 0.745. The van der Waals surface area contributed by atoms with Gasteiger partial charge in [0.25, 0.3) is 0 Å². The predicted molar refractivity (Wildman–Crippen MR) is 78.3 cm³/mol. The number of hydrogen-bond donors (Lipinski definition) is 3. The number of rotatable bonds is 2. The maximum Gasteiger partial charge on any atom is 0.229 e. The number of nitrogens with zero attached hydrogens (tertiary/aromatic N) is 1. The Hall–Kier alpha value is -1.14. The van der Waals surface area contributed by atoms with E-state index in [1.165, 1.54) is 0 Å². The van der Waals surface area contributed by atoms with Crippen molar-refractivity contribution in [3.05, 3.63) is 34.9 Å². The van der Waals surface area contributed by atoms with Gasteiger partial charge in [0.2, 0.25) is 5.91 Å². The first kappa shape index (κ1) is 13.8. The SMILES string of the molecule is O=C(C1CNNC1c1ccc(Cl)cc1)N1CCNCC1. The number of nitrogens with one attached hydrogen (secondary N) is 3. The average Bonchev–Trinajstić information content (AvgIpc) is 2.97. The van der Waals surface area contributed by atoms with Gasteiger partial charge >= 0.3 is 0 Å². The molecule has 5 nitrogen and oxygen atoms in total. The van der Waals surface area contributed by atoms with Crippen LogP contribution in [0, 0.1) is 5.92 Å². The molecule has 2 fully saturated rings. The lowest BCUT2D eigenvalue weighted by Crippen LogP contribution is -2.49. The molecule has 20 heavy (non-hydrogen) atoms. The van der Waals surface area contributed by atoms with Crippen LogP contribution in [0.2, 0.25) is 5.02 Å². The topological polar surface area (TPSA) is 56.4 Å². The normalized spacial score (nSPS) is 26.8. The number of hydrogen-bond acceptors (Lipinski definition) is 4. The fraction of sp³-hybridized carbons (Fsp3) is 0.500. The molecule has 1 amide bonds. The zero-order chi connectivity index (χ0) is 13.9. The maximum absolute atomic E-state index is 12.6. The van der Waals surface area contributed by atoms with Crippen LogP contribution < -0.4 is 16.2 Å². The summed E-state index contributed by atoms with van der Waals surface area (Å²) < 4.78 is 0. The van der Waals surface area contributed by atoms with Crippen molar-refractivity contribution in [3.63, 3.8) is 0 Å². The molecule has 2 atom stereocenters. The van der Waals surface area contributed by atoms with E-state index in [0.29, 0.717) is 11.6 Å². The minimum absolute atomic E-state index is 0.00894. The van der Waals surface area contributed by atoms with Crippen LogP contribution >= 0.6 is 11.6 Å². The highest BCUT2D eigenvalue weighted by atomic mass is 35.5. The molecule has 3 rings (SSSR count). The van der Waals surface area contributed by atoms with E-state index in [1.807, 2.05) is 29.2 Å². The van der Waals surface area contributed by atoms with Crippen molar-refractivity contribution >= 4 is 17.5 Å². The third-order valence-electron chi connectivity index (χ3n) is 3.96. The van der Waals surface area contributed by atoms with E-state index in [4.69, 9.17) is 11.6 Å². The van der Waals surface area contributed by atoms with Crippen LogP contribution in [-0.2, 0) is 4.79 Å². The van der Waals surface area contributed by atoms with Gasteiger partial charge in [0.15, 0.2) is 0 Å². The molecule has 1 aromatic rings. The van der Waals surface area contributed by atoms with Crippen molar-refractivity contribution in [2.24, 2.45) is 5.92 Å².